The minimum absolute atomic E-state index is 0.749. The van der Waals surface area contributed by atoms with E-state index >= 15 is 0 Å². The fraction of sp³-hybridized carbons (Fsp3) is 0.583. The first kappa shape index (κ1) is 12.0. The van der Waals surface area contributed by atoms with Gasteiger partial charge in [0.25, 0.3) is 0 Å². The van der Waals surface area contributed by atoms with E-state index < -0.39 is 6.10 Å². The number of hydrogen-bond acceptors (Lipinski definition) is 1. The summed E-state index contributed by atoms with van der Waals surface area (Å²) in [5.74, 6) is 2.27. The fourth-order valence-corrected chi connectivity index (χ4v) is 1.16. The second-order valence-corrected chi connectivity index (χ2v) is 3.08. The van der Waals surface area contributed by atoms with Crippen LogP contribution >= 0.6 is 0 Å². The molecule has 0 unspecified atom stereocenters. The highest BCUT2D eigenvalue weighted by Crippen LogP contribution is 2.11. The van der Waals surface area contributed by atoms with Gasteiger partial charge in [-0.1, -0.05) is 38.7 Å². The van der Waals surface area contributed by atoms with Gasteiger partial charge in [-0.3, -0.25) is 0 Å². The van der Waals surface area contributed by atoms with Crippen molar-refractivity contribution in [2.24, 2.45) is 0 Å². The Morgan fingerprint density at radius 1 is 1.46 bits per heavy atom. The molecule has 0 rings (SSSR count). The standard InChI is InChI=1S/C12H18O/c1-4-7-8-9-10-11(5-2)12(13)6-3/h3,12-13H,2,4,7-10H2,1H3/t12-/m0/s1. The molecule has 0 aromatic rings. The molecule has 0 heterocycles. The number of hydrogen-bond donors (Lipinski definition) is 1. The highest BCUT2D eigenvalue weighted by atomic mass is 16.3. The van der Waals surface area contributed by atoms with E-state index in [1.54, 1.807) is 0 Å². The smallest absolute Gasteiger partial charge is 0.143 e. The lowest BCUT2D eigenvalue weighted by Gasteiger charge is -2.06. The van der Waals surface area contributed by atoms with Crippen LogP contribution in [0.5, 0.6) is 0 Å². The summed E-state index contributed by atoms with van der Waals surface area (Å²) in [6, 6.07) is 0. The van der Waals surface area contributed by atoms with Crippen molar-refractivity contribution in [1.82, 2.24) is 0 Å². The summed E-state index contributed by atoms with van der Waals surface area (Å²) in [5, 5.41) is 9.30. The SMILES string of the molecule is C#C[C@H](O)C(=C=C)CCCCCC. The molecule has 0 spiro atoms. The van der Waals surface area contributed by atoms with Crippen LogP contribution in [0, 0.1) is 12.3 Å². The van der Waals surface area contributed by atoms with Gasteiger partial charge < -0.3 is 5.11 Å². The molecule has 0 saturated carbocycles. The van der Waals surface area contributed by atoms with Crippen LogP contribution in [0.15, 0.2) is 17.9 Å². The molecule has 1 atom stereocenters. The van der Waals surface area contributed by atoms with Crippen molar-refractivity contribution in [3.05, 3.63) is 17.9 Å². The quantitative estimate of drug-likeness (QED) is 0.376. The van der Waals surface area contributed by atoms with Gasteiger partial charge in [0.2, 0.25) is 0 Å². The zero-order valence-corrected chi connectivity index (χ0v) is 8.34. The van der Waals surface area contributed by atoms with Crippen molar-refractivity contribution in [1.29, 1.82) is 0 Å². The fourth-order valence-electron chi connectivity index (χ4n) is 1.16. The van der Waals surface area contributed by atoms with Crippen LogP contribution in [0.3, 0.4) is 0 Å². The van der Waals surface area contributed by atoms with Gasteiger partial charge in [-0.25, -0.2) is 0 Å². The van der Waals surface area contributed by atoms with E-state index in [4.69, 9.17) is 6.42 Å². The van der Waals surface area contributed by atoms with Gasteiger partial charge in [-0.2, -0.15) is 0 Å². The van der Waals surface area contributed by atoms with Gasteiger partial charge in [-0.05, 0) is 12.8 Å². The summed E-state index contributed by atoms with van der Waals surface area (Å²) in [4.78, 5) is 0. The third-order valence-corrected chi connectivity index (χ3v) is 2.01. The van der Waals surface area contributed by atoms with Crippen molar-refractivity contribution < 1.29 is 5.11 Å². The summed E-state index contributed by atoms with van der Waals surface area (Å²) in [7, 11) is 0. The van der Waals surface area contributed by atoms with E-state index in [0.717, 1.165) is 18.4 Å². The Balaban J connectivity index is 3.76. The van der Waals surface area contributed by atoms with Crippen molar-refractivity contribution in [3.63, 3.8) is 0 Å². The summed E-state index contributed by atoms with van der Waals surface area (Å²) in [6.45, 7) is 5.68. The predicted molar refractivity (Wildman–Crippen MR) is 56.3 cm³/mol. The summed E-state index contributed by atoms with van der Waals surface area (Å²) in [6.07, 6.45) is 9.80. The van der Waals surface area contributed by atoms with E-state index in [9.17, 15) is 5.11 Å². The van der Waals surface area contributed by atoms with Crippen LogP contribution in [0.1, 0.15) is 39.0 Å². The van der Waals surface area contributed by atoms with Gasteiger partial charge in [0, 0.05) is 5.57 Å². The van der Waals surface area contributed by atoms with Crippen molar-refractivity contribution >= 4 is 0 Å². The molecular weight excluding hydrogens is 160 g/mol. The van der Waals surface area contributed by atoms with Crippen LogP contribution in [0.25, 0.3) is 0 Å². The number of aliphatic hydroxyl groups excluding tert-OH is 1. The van der Waals surface area contributed by atoms with Crippen LogP contribution in [0.2, 0.25) is 0 Å². The molecule has 0 fully saturated rings. The molecule has 1 N–H and O–H groups in total. The van der Waals surface area contributed by atoms with E-state index in [-0.39, 0.29) is 0 Å². The zero-order chi connectivity index (χ0) is 10.1. The first-order chi connectivity index (χ1) is 6.26. The largest absolute Gasteiger partial charge is 0.376 e. The van der Waals surface area contributed by atoms with Gasteiger partial charge in [0.05, 0.1) is 0 Å². The molecule has 0 aromatic heterocycles. The highest BCUT2D eigenvalue weighted by Gasteiger charge is 2.05. The second-order valence-electron chi connectivity index (χ2n) is 3.08. The zero-order valence-electron chi connectivity index (χ0n) is 8.34. The topological polar surface area (TPSA) is 20.2 Å². The Bertz CT molecular complexity index is 216. The van der Waals surface area contributed by atoms with Crippen molar-refractivity contribution in [2.45, 2.75) is 45.1 Å². The highest BCUT2D eigenvalue weighted by molar-refractivity contribution is 5.17. The summed E-state index contributed by atoms with van der Waals surface area (Å²) >= 11 is 0. The molecule has 13 heavy (non-hydrogen) atoms. The Hall–Kier alpha value is -0.960. The Morgan fingerprint density at radius 2 is 2.15 bits per heavy atom. The predicted octanol–water partition coefficient (Wildman–Crippen LogP) is 2.66. The molecule has 1 heteroatoms. The average Bonchev–Trinajstić information content (AvgIpc) is 2.17. The number of terminal acetylenes is 1. The average molecular weight is 178 g/mol. The first-order valence-electron chi connectivity index (χ1n) is 4.79. The molecule has 72 valence electrons. The first-order valence-corrected chi connectivity index (χ1v) is 4.79. The van der Waals surface area contributed by atoms with Crippen LogP contribution in [-0.2, 0) is 0 Å². The lowest BCUT2D eigenvalue weighted by Crippen LogP contribution is -2.06. The third-order valence-electron chi connectivity index (χ3n) is 2.01. The Morgan fingerprint density at radius 3 is 2.62 bits per heavy atom. The lowest BCUT2D eigenvalue weighted by molar-refractivity contribution is 0.263. The molecule has 0 radical (unpaired) electrons. The molecule has 0 aliphatic heterocycles. The number of unbranched alkanes of at least 4 members (excludes halogenated alkanes) is 3. The van der Waals surface area contributed by atoms with Crippen LogP contribution < -0.4 is 0 Å². The summed E-state index contributed by atoms with van der Waals surface area (Å²) in [5.41, 5.74) is 3.45. The molecule has 0 amide bonds. The monoisotopic (exact) mass is 178 g/mol. The maximum atomic E-state index is 9.30. The maximum absolute atomic E-state index is 9.30. The van der Waals surface area contributed by atoms with E-state index in [1.807, 2.05) is 0 Å². The van der Waals surface area contributed by atoms with Crippen LogP contribution in [0.4, 0.5) is 0 Å². The van der Waals surface area contributed by atoms with Gasteiger partial charge in [-0.15, -0.1) is 12.2 Å². The maximum Gasteiger partial charge on any atom is 0.143 e. The molecule has 0 saturated heterocycles. The lowest BCUT2D eigenvalue weighted by atomic mass is 10.0. The normalized spacial score (nSPS) is 11.5. The van der Waals surface area contributed by atoms with Gasteiger partial charge in [0.15, 0.2) is 0 Å². The van der Waals surface area contributed by atoms with E-state index in [2.05, 4.69) is 25.2 Å². The minimum Gasteiger partial charge on any atom is -0.376 e. The molecular formula is C12H18O. The van der Waals surface area contributed by atoms with E-state index in [0.29, 0.717) is 0 Å². The molecule has 1 nitrogen and oxygen atoms in total. The van der Waals surface area contributed by atoms with Gasteiger partial charge in [0.1, 0.15) is 6.10 Å². The van der Waals surface area contributed by atoms with Crippen molar-refractivity contribution in [3.8, 4) is 12.3 Å². The minimum atomic E-state index is -0.792. The number of aliphatic hydroxyl groups is 1. The molecule has 0 aromatic carbocycles. The van der Waals surface area contributed by atoms with E-state index in [1.165, 1.54) is 19.3 Å². The summed E-state index contributed by atoms with van der Waals surface area (Å²) < 4.78 is 0. The third kappa shape index (κ3) is 5.31. The molecule has 0 aliphatic carbocycles. The molecule has 0 bridgehead atoms. The van der Waals surface area contributed by atoms with Gasteiger partial charge >= 0.3 is 0 Å². The van der Waals surface area contributed by atoms with Crippen LogP contribution in [-0.4, -0.2) is 11.2 Å². The Labute approximate surface area is 81.2 Å². The van der Waals surface area contributed by atoms with Crippen molar-refractivity contribution in [2.75, 3.05) is 0 Å². The Kier molecular flexibility index (Phi) is 7.11. The number of rotatable bonds is 6. The molecule has 0 aliphatic rings. The second kappa shape index (κ2) is 7.68.